The number of aryl methyl sites for hydroxylation is 1. The first-order valence-corrected chi connectivity index (χ1v) is 4.16. The van der Waals surface area contributed by atoms with Crippen molar-refractivity contribution in [3.05, 3.63) is 29.3 Å². The van der Waals surface area contributed by atoms with Crippen molar-refractivity contribution in [2.75, 3.05) is 19.0 Å². The lowest BCUT2D eigenvalue weighted by atomic mass is 10.1. The molecule has 0 amide bonds. The average molecular weight is 165 g/mol. The molecule has 0 aliphatic rings. The van der Waals surface area contributed by atoms with Gasteiger partial charge in [-0.3, -0.25) is 0 Å². The first-order valence-electron chi connectivity index (χ1n) is 4.16. The molecule has 0 saturated heterocycles. The van der Waals surface area contributed by atoms with Gasteiger partial charge < -0.3 is 10.4 Å². The minimum absolute atomic E-state index is 0.221. The predicted octanol–water partition coefficient (Wildman–Crippen LogP) is 1.57. The van der Waals surface area contributed by atoms with Crippen molar-refractivity contribution in [1.29, 1.82) is 0 Å². The highest BCUT2D eigenvalue weighted by Gasteiger charge is 1.96. The summed E-state index contributed by atoms with van der Waals surface area (Å²) in [5, 5.41) is 11.8. The van der Waals surface area contributed by atoms with Gasteiger partial charge in [0.05, 0.1) is 0 Å². The Hall–Kier alpha value is -1.02. The second-order valence-electron chi connectivity index (χ2n) is 2.87. The Balaban J connectivity index is 2.86. The Morgan fingerprint density at radius 3 is 2.67 bits per heavy atom. The Morgan fingerprint density at radius 2 is 2.17 bits per heavy atom. The van der Waals surface area contributed by atoms with Crippen LogP contribution in [-0.4, -0.2) is 18.8 Å². The third-order valence-corrected chi connectivity index (χ3v) is 1.96. The van der Waals surface area contributed by atoms with Crippen LogP contribution in [0.1, 0.15) is 11.1 Å². The lowest BCUT2D eigenvalue weighted by molar-refractivity contribution is 0.299. The molecule has 12 heavy (non-hydrogen) atoms. The molecule has 0 spiro atoms. The van der Waals surface area contributed by atoms with E-state index in [1.807, 2.05) is 19.2 Å². The quantitative estimate of drug-likeness (QED) is 0.712. The van der Waals surface area contributed by atoms with Gasteiger partial charge >= 0.3 is 0 Å². The molecule has 2 N–H and O–H groups in total. The van der Waals surface area contributed by atoms with Gasteiger partial charge in [0.25, 0.3) is 0 Å². The van der Waals surface area contributed by atoms with Gasteiger partial charge in [-0.1, -0.05) is 12.1 Å². The second kappa shape index (κ2) is 4.12. The Morgan fingerprint density at radius 1 is 1.42 bits per heavy atom. The van der Waals surface area contributed by atoms with Crippen LogP contribution in [0.3, 0.4) is 0 Å². The van der Waals surface area contributed by atoms with Gasteiger partial charge in [-0.15, -0.1) is 0 Å². The summed E-state index contributed by atoms with van der Waals surface area (Å²) in [5.41, 5.74) is 3.56. The summed E-state index contributed by atoms with van der Waals surface area (Å²) >= 11 is 0. The molecule has 0 aromatic heterocycles. The molecule has 1 aromatic carbocycles. The van der Waals surface area contributed by atoms with E-state index in [4.69, 9.17) is 5.11 Å². The van der Waals surface area contributed by atoms with Gasteiger partial charge in [-0.05, 0) is 30.5 Å². The lowest BCUT2D eigenvalue weighted by Gasteiger charge is -2.06. The van der Waals surface area contributed by atoms with Crippen LogP contribution in [0.25, 0.3) is 0 Å². The average Bonchev–Trinajstić information content (AvgIpc) is 2.05. The summed E-state index contributed by atoms with van der Waals surface area (Å²) in [6.45, 7) is 2.28. The zero-order chi connectivity index (χ0) is 8.97. The van der Waals surface area contributed by atoms with Crippen molar-refractivity contribution in [1.82, 2.24) is 0 Å². The van der Waals surface area contributed by atoms with Crippen LogP contribution >= 0.6 is 0 Å². The van der Waals surface area contributed by atoms with Crippen molar-refractivity contribution >= 4 is 5.69 Å². The van der Waals surface area contributed by atoms with Crippen LogP contribution in [0.5, 0.6) is 0 Å². The molecule has 2 nitrogen and oxygen atoms in total. The highest BCUT2D eigenvalue weighted by molar-refractivity contribution is 5.51. The molecular formula is C10H15NO. The minimum atomic E-state index is 0.221. The van der Waals surface area contributed by atoms with E-state index in [1.54, 1.807) is 0 Å². The minimum Gasteiger partial charge on any atom is -0.396 e. The van der Waals surface area contributed by atoms with Crippen molar-refractivity contribution in [3.8, 4) is 0 Å². The van der Waals surface area contributed by atoms with E-state index in [0.29, 0.717) is 0 Å². The number of rotatable bonds is 3. The summed E-state index contributed by atoms with van der Waals surface area (Å²) in [6.07, 6.45) is 0.741. The number of nitrogens with one attached hydrogen (secondary N) is 1. The van der Waals surface area contributed by atoms with Crippen LogP contribution in [0.4, 0.5) is 5.69 Å². The molecule has 0 aliphatic carbocycles. The van der Waals surface area contributed by atoms with Crippen LogP contribution in [0.2, 0.25) is 0 Å². The summed E-state index contributed by atoms with van der Waals surface area (Å²) in [6, 6.07) is 6.18. The highest BCUT2D eigenvalue weighted by Crippen LogP contribution is 2.15. The van der Waals surface area contributed by atoms with E-state index >= 15 is 0 Å². The first kappa shape index (κ1) is 9.07. The molecule has 0 heterocycles. The molecular weight excluding hydrogens is 150 g/mol. The molecule has 0 radical (unpaired) electrons. The van der Waals surface area contributed by atoms with Gasteiger partial charge in [0.15, 0.2) is 0 Å². The van der Waals surface area contributed by atoms with E-state index in [9.17, 15) is 0 Å². The molecule has 0 unspecified atom stereocenters. The molecule has 2 heteroatoms. The third-order valence-electron chi connectivity index (χ3n) is 1.96. The number of hydrogen-bond acceptors (Lipinski definition) is 2. The lowest BCUT2D eigenvalue weighted by Crippen LogP contribution is -1.95. The van der Waals surface area contributed by atoms with Gasteiger partial charge in [0.1, 0.15) is 0 Å². The number of aliphatic hydroxyl groups excluding tert-OH is 1. The van der Waals surface area contributed by atoms with Gasteiger partial charge in [0.2, 0.25) is 0 Å². The molecule has 0 fully saturated rings. The van der Waals surface area contributed by atoms with Crippen molar-refractivity contribution < 1.29 is 5.11 Å². The smallest absolute Gasteiger partial charge is 0.0471 e. The fourth-order valence-electron chi connectivity index (χ4n) is 1.29. The molecule has 66 valence electrons. The molecule has 0 saturated carbocycles. The normalized spacial score (nSPS) is 9.92. The molecule has 0 aliphatic heterocycles. The van der Waals surface area contributed by atoms with E-state index in [-0.39, 0.29) is 6.61 Å². The van der Waals surface area contributed by atoms with E-state index in [1.165, 1.54) is 11.1 Å². The highest BCUT2D eigenvalue weighted by atomic mass is 16.2. The van der Waals surface area contributed by atoms with Gasteiger partial charge in [-0.2, -0.15) is 0 Å². The van der Waals surface area contributed by atoms with E-state index < -0.39 is 0 Å². The van der Waals surface area contributed by atoms with Crippen LogP contribution < -0.4 is 5.32 Å². The molecule has 1 rings (SSSR count). The van der Waals surface area contributed by atoms with Gasteiger partial charge in [0, 0.05) is 19.3 Å². The summed E-state index contributed by atoms with van der Waals surface area (Å²) in [5.74, 6) is 0. The van der Waals surface area contributed by atoms with E-state index in [2.05, 4.69) is 18.3 Å². The topological polar surface area (TPSA) is 32.3 Å². The maximum Gasteiger partial charge on any atom is 0.0471 e. The Labute approximate surface area is 73.2 Å². The fourth-order valence-corrected chi connectivity index (χ4v) is 1.29. The first-order chi connectivity index (χ1) is 5.77. The molecule has 0 bridgehead atoms. The number of anilines is 1. The van der Waals surface area contributed by atoms with E-state index in [0.717, 1.165) is 12.1 Å². The Bertz CT molecular complexity index is 258. The maximum absolute atomic E-state index is 8.72. The standard InChI is InChI=1S/C10H15NO/c1-8-7-9(5-6-12)3-4-10(8)11-2/h3-4,7,11-12H,5-6H2,1-2H3. The fraction of sp³-hybridized carbons (Fsp3) is 0.400. The van der Waals surface area contributed by atoms with Crippen molar-refractivity contribution in [2.24, 2.45) is 0 Å². The monoisotopic (exact) mass is 165 g/mol. The predicted molar refractivity (Wildman–Crippen MR) is 51.5 cm³/mol. The summed E-state index contributed by atoms with van der Waals surface area (Å²) < 4.78 is 0. The zero-order valence-electron chi connectivity index (χ0n) is 7.59. The molecule has 1 aromatic rings. The van der Waals surface area contributed by atoms with Crippen molar-refractivity contribution in [2.45, 2.75) is 13.3 Å². The second-order valence-corrected chi connectivity index (χ2v) is 2.87. The summed E-state index contributed by atoms with van der Waals surface area (Å²) in [7, 11) is 1.91. The number of aliphatic hydroxyl groups is 1. The largest absolute Gasteiger partial charge is 0.396 e. The van der Waals surface area contributed by atoms with Crippen LogP contribution in [-0.2, 0) is 6.42 Å². The van der Waals surface area contributed by atoms with Crippen LogP contribution in [0.15, 0.2) is 18.2 Å². The van der Waals surface area contributed by atoms with Crippen molar-refractivity contribution in [3.63, 3.8) is 0 Å². The Kier molecular flexibility index (Phi) is 3.11. The van der Waals surface area contributed by atoms with Crippen LogP contribution in [0, 0.1) is 6.92 Å². The zero-order valence-corrected chi connectivity index (χ0v) is 7.59. The maximum atomic E-state index is 8.72. The summed E-state index contributed by atoms with van der Waals surface area (Å²) in [4.78, 5) is 0. The number of hydrogen-bond donors (Lipinski definition) is 2. The molecule has 0 atom stereocenters. The third kappa shape index (κ3) is 1.98. The SMILES string of the molecule is CNc1ccc(CCO)cc1C. The number of benzene rings is 1. The van der Waals surface area contributed by atoms with Gasteiger partial charge in [-0.25, -0.2) is 0 Å².